The molecule has 1 atom stereocenters. The van der Waals surface area contributed by atoms with Gasteiger partial charge in [-0.25, -0.2) is 4.39 Å². The first-order chi connectivity index (χ1) is 8.16. The van der Waals surface area contributed by atoms with Gasteiger partial charge in [0.25, 0.3) is 0 Å². The Morgan fingerprint density at radius 2 is 2.06 bits per heavy atom. The third-order valence-corrected chi connectivity index (χ3v) is 3.12. The molecule has 1 aromatic heterocycles. The number of aromatic nitrogens is 1. The SMILES string of the molecule is Fc1ccc(C(Cl)Cc2ccccn2)cc1Cl. The second kappa shape index (κ2) is 5.48. The van der Waals surface area contributed by atoms with Crippen LogP contribution in [-0.2, 0) is 6.42 Å². The number of rotatable bonds is 3. The molecule has 0 saturated heterocycles. The number of alkyl halides is 1. The minimum Gasteiger partial charge on any atom is -0.261 e. The summed E-state index contributed by atoms with van der Waals surface area (Å²) in [6.07, 6.45) is 2.31. The summed E-state index contributed by atoms with van der Waals surface area (Å²) in [7, 11) is 0. The lowest BCUT2D eigenvalue weighted by Gasteiger charge is -2.09. The van der Waals surface area contributed by atoms with Crippen molar-refractivity contribution in [2.75, 3.05) is 0 Å². The van der Waals surface area contributed by atoms with E-state index in [1.54, 1.807) is 18.3 Å². The molecule has 0 saturated carbocycles. The summed E-state index contributed by atoms with van der Waals surface area (Å²) in [6, 6.07) is 10.2. The van der Waals surface area contributed by atoms with Gasteiger partial charge in [-0.2, -0.15) is 0 Å². The molecule has 0 N–H and O–H groups in total. The first kappa shape index (κ1) is 12.3. The van der Waals surface area contributed by atoms with Crippen molar-refractivity contribution in [2.45, 2.75) is 11.8 Å². The van der Waals surface area contributed by atoms with Crippen molar-refractivity contribution in [1.82, 2.24) is 4.98 Å². The highest BCUT2D eigenvalue weighted by Gasteiger charge is 2.11. The number of pyridine rings is 1. The Hall–Kier alpha value is -1.12. The molecule has 0 radical (unpaired) electrons. The molecule has 0 aliphatic rings. The maximum atomic E-state index is 13.0. The maximum Gasteiger partial charge on any atom is 0.141 e. The Morgan fingerprint density at radius 3 is 2.71 bits per heavy atom. The highest BCUT2D eigenvalue weighted by atomic mass is 35.5. The number of benzene rings is 1. The predicted molar refractivity (Wildman–Crippen MR) is 67.9 cm³/mol. The third-order valence-electron chi connectivity index (χ3n) is 2.42. The minimum absolute atomic E-state index is 0.0918. The van der Waals surface area contributed by atoms with E-state index in [9.17, 15) is 4.39 Å². The summed E-state index contributed by atoms with van der Waals surface area (Å²) in [4.78, 5) is 4.19. The monoisotopic (exact) mass is 269 g/mol. The van der Waals surface area contributed by atoms with Gasteiger partial charge < -0.3 is 0 Å². The first-order valence-electron chi connectivity index (χ1n) is 5.16. The predicted octanol–water partition coefficient (Wildman–Crippen LogP) is 4.40. The van der Waals surface area contributed by atoms with E-state index in [0.717, 1.165) is 11.3 Å². The molecule has 1 aromatic carbocycles. The second-order valence-electron chi connectivity index (χ2n) is 3.67. The molecule has 2 aromatic rings. The molecule has 0 aliphatic carbocycles. The van der Waals surface area contributed by atoms with Gasteiger partial charge in [-0.1, -0.05) is 23.7 Å². The van der Waals surface area contributed by atoms with Gasteiger partial charge >= 0.3 is 0 Å². The zero-order valence-electron chi connectivity index (χ0n) is 8.91. The van der Waals surface area contributed by atoms with Crippen molar-refractivity contribution in [1.29, 1.82) is 0 Å². The number of hydrogen-bond acceptors (Lipinski definition) is 1. The molecular weight excluding hydrogens is 260 g/mol. The van der Waals surface area contributed by atoms with Gasteiger partial charge in [-0.3, -0.25) is 4.98 Å². The topological polar surface area (TPSA) is 12.9 Å². The van der Waals surface area contributed by atoms with Crippen LogP contribution in [0.15, 0.2) is 42.6 Å². The molecule has 0 amide bonds. The molecule has 0 bridgehead atoms. The fraction of sp³-hybridized carbons (Fsp3) is 0.154. The minimum atomic E-state index is -0.433. The van der Waals surface area contributed by atoms with E-state index in [1.165, 1.54) is 6.07 Å². The van der Waals surface area contributed by atoms with E-state index in [2.05, 4.69) is 4.98 Å². The van der Waals surface area contributed by atoms with Crippen LogP contribution in [0.4, 0.5) is 4.39 Å². The summed E-state index contributed by atoms with van der Waals surface area (Å²) in [5.74, 6) is -0.433. The summed E-state index contributed by atoms with van der Waals surface area (Å²) in [5.41, 5.74) is 1.69. The van der Waals surface area contributed by atoms with E-state index in [0.29, 0.717) is 6.42 Å². The molecule has 0 aliphatic heterocycles. The molecular formula is C13H10Cl2FN. The van der Waals surface area contributed by atoms with E-state index < -0.39 is 5.82 Å². The molecule has 0 spiro atoms. The maximum absolute atomic E-state index is 13.0. The second-order valence-corrected chi connectivity index (χ2v) is 4.60. The van der Waals surface area contributed by atoms with Gasteiger partial charge in [0.15, 0.2) is 0 Å². The normalized spacial score (nSPS) is 12.4. The average molecular weight is 270 g/mol. The molecule has 4 heteroatoms. The Balaban J connectivity index is 2.14. The van der Waals surface area contributed by atoms with Crippen LogP contribution >= 0.6 is 23.2 Å². The summed E-state index contributed by atoms with van der Waals surface area (Å²) in [5, 5.41) is -0.169. The molecule has 88 valence electrons. The number of halogens is 3. The number of nitrogens with zero attached hydrogens (tertiary/aromatic N) is 1. The van der Waals surface area contributed by atoms with Crippen molar-refractivity contribution >= 4 is 23.2 Å². The highest BCUT2D eigenvalue weighted by Crippen LogP contribution is 2.27. The average Bonchev–Trinajstić information content (AvgIpc) is 2.34. The fourth-order valence-corrected chi connectivity index (χ4v) is 2.01. The summed E-state index contributed by atoms with van der Waals surface area (Å²) < 4.78 is 13.0. The summed E-state index contributed by atoms with van der Waals surface area (Å²) in [6.45, 7) is 0. The van der Waals surface area contributed by atoms with Crippen LogP contribution in [0.2, 0.25) is 5.02 Å². The largest absolute Gasteiger partial charge is 0.261 e. The lowest BCUT2D eigenvalue weighted by atomic mass is 10.1. The molecule has 1 heterocycles. The fourth-order valence-electron chi connectivity index (χ4n) is 1.53. The van der Waals surface area contributed by atoms with E-state index in [-0.39, 0.29) is 10.4 Å². The van der Waals surface area contributed by atoms with Crippen LogP contribution in [0.3, 0.4) is 0 Å². The smallest absolute Gasteiger partial charge is 0.141 e. The molecule has 0 fully saturated rings. The lowest BCUT2D eigenvalue weighted by Crippen LogP contribution is -1.98. The van der Waals surface area contributed by atoms with Gasteiger partial charge in [0.2, 0.25) is 0 Å². The molecule has 1 unspecified atom stereocenters. The quantitative estimate of drug-likeness (QED) is 0.753. The van der Waals surface area contributed by atoms with E-state index in [4.69, 9.17) is 23.2 Å². The van der Waals surface area contributed by atoms with Crippen LogP contribution in [-0.4, -0.2) is 4.98 Å². The zero-order valence-corrected chi connectivity index (χ0v) is 10.4. The van der Waals surface area contributed by atoms with E-state index >= 15 is 0 Å². The van der Waals surface area contributed by atoms with Gasteiger partial charge in [-0.15, -0.1) is 11.6 Å². The Labute approximate surface area is 109 Å². The lowest BCUT2D eigenvalue weighted by molar-refractivity contribution is 0.627. The molecule has 2 rings (SSSR count). The van der Waals surface area contributed by atoms with Crippen LogP contribution < -0.4 is 0 Å². The van der Waals surface area contributed by atoms with Gasteiger partial charge in [0, 0.05) is 18.3 Å². The van der Waals surface area contributed by atoms with Crippen molar-refractivity contribution in [3.05, 3.63) is 64.7 Å². The standard InChI is InChI=1S/C13H10Cl2FN/c14-11(8-10-3-1-2-6-17-10)9-4-5-13(16)12(15)7-9/h1-7,11H,8H2. The zero-order chi connectivity index (χ0) is 12.3. The third kappa shape index (κ3) is 3.18. The molecule has 1 nitrogen and oxygen atoms in total. The van der Waals surface area contributed by atoms with Gasteiger partial charge in [-0.05, 0) is 29.8 Å². The van der Waals surface area contributed by atoms with Crippen molar-refractivity contribution in [3.63, 3.8) is 0 Å². The highest BCUT2D eigenvalue weighted by molar-refractivity contribution is 6.31. The van der Waals surface area contributed by atoms with Crippen molar-refractivity contribution in [2.24, 2.45) is 0 Å². The van der Waals surface area contributed by atoms with E-state index in [1.807, 2.05) is 18.2 Å². The van der Waals surface area contributed by atoms with Crippen LogP contribution in [0.25, 0.3) is 0 Å². The Morgan fingerprint density at radius 1 is 1.24 bits per heavy atom. The molecule has 17 heavy (non-hydrogen) atoms. The summed E-state index contributed by atoms with van der Waals surface area (Å²) >= 11 is 12.0. The van der Waals surface area contributed by atoms with Gasteiger partial charge in [0.1, 0.15) is 5.82 Å². The van der Waals surface area contributed by atoms with Crippen LogP contribution in [0, 0.1) is 5.82 Å². The Bertz CT molecular complexity index is 502. The van der Waals surface area contributed by atoms with Crippen molar-refractivity contribution < 1.29 is 4.39 Å². The van der Waals surface area contributed by atoms with Crippen LogP contribution in [0.1, 0.15) is 16.6 Å². The first-order valence-corrected chi connectivity index (χ1v) is 5.97. The Kier molecular flexibility index (Phi) is 3.97. The van der Waals surface area contributed by atoms with Gasteiger partial charge in [0.05, 0.1) is 10.4 Å². The van der Waals surface area contributed by atoms with Crippen LogP contribution in [0.5, 0.6) is 0 Å². The van der Waals surface area contributed by atoms with Crippen molar-refractivity contribution in [3.8, 4) is 0 Å². The number of hydrogen-bond donors (Lipinski definition) is 0.